The Kier molecular flexibility index (Phi) is 4.74. The normalized spacial score (nSPS) is 31.9. The molecule has 0 aromatic rings. The van der Waals surface area contributed by atoms with Gasteiger partial charge in [-0.1, -0.05) is 0 Å². The number of halogens is 3. The summed E-state index contributed by atoms with van der Waals surface area (Å²) < 4.78 is 39.3. The minimum Gasteiger partial charge on any atom is -0.314 e. The van der Waals surface area contributed by atoms with Crippen LogP contribution in [0, 0.1) is 0 Å². The van der Waals surface area contributed by atoms with E-state index in [9.17, 15) is 13.2 Å². The topological polar surface area (TPSA) is 18.5 Å². The van der Waals surface area contributed by atoms with Gasteiger partial charge in [-0.25, -0.2) is 0 Å². The first-order valence-corrected chi connectivity index (χ1v) is 7.17. The van der Waals surface area contributed by atoms with Crippen molar-refractivity contribution in [2.24, 2.45) is 0 Å². The van der Waals surface area contributed by atoms with Crippen LogP contribution >= 0.6 is 0 Å². The summed E-state index contributed by atoms with van der Waals surface area (Å²) in [5, 5.41) is 2.87. The standard InChI is InChI=1S/C13H24F3N3/c1-10(2)18-6-3-4-11(9-18)19-7-5-17-8-12(19)13(14,15)16/h10-12,17H,3-9H2,1-2H3. The lowest BCUT2D eigenvalue weighted by atomic mass is 9.99. The van der Waals surface area contributed by atoms with Gasteiger partial charge in [0.25, 0.3) is 0 Å². The van der Waals surface area contributed by atoms with Crippen molar-refractivity contribution in [2.75, 3.05) is 32.7 Å². The van der Waals surface area contributed by atoms with E-state index >= 15 is 0 Å². The Morgan fingerprint density at radius 3 is 2.58 bits per heavy atom. The van der Waals surface area contributed by atoms with E-state index in [1.54, 1.807) is 4.90 Å². The molecule has 19 heavy (non-hydrogen) atoms. The fourth-order valence-electron chi connectivity index (χ4n) is 3.18. The van der Waals surface area contributed by atoms with Crippen molar-refractivity contribution < 1.29 is 13.2 Å². The molecule has 2 rings (SSSR count). The van der Waals surface area contributed by atoms with Gasteiger partial charge in [-0.05, 0) is 33.2 Å². The van der Waals surface area contributed by atoms with Crippen LogP contribution in [0.2, 0.25) is 0 Å². The van der Waals surface area contributed by atoms with Crippen LogP contribution in [0.5, 0.6) is 0 Å². The minimum absolute atomic E-state index is 0.0294. The Balaban J connectivity index is 2.05. The van der Waals surface area contributed by atoms with Gasteiger partial charge >= 0.3 is 6.18 Å². The number of piperazine rings is 1. The first kappa shape index (κ1) is 15.1. The molecule has 2 saturated heterocycles. The monoisotopic (exact) mass is 279 g/mol. The molecule has 1 N–H and O–H groups in total. The van der Waals surface area contributed by atoms with Gasteiger partial charge in [0.2, 0.25) is 0 Å². The highest BCUT2D eigenvalue weighted by atomic mass is 19.4. The molecule has 2 fully saturated rings. The average molecular weight is 279 g/mol. The molecule has 2 unspecified atom stereocenters. The maximum atomic E-state index is 13.1. The fraction of sp³-hybridized carbons (Fsp3) is 1.00. The summed E-state index contributed by atoms with van der Waals surface area (Å²) in [5.41, 5.74) is 0. The SMILES string of the molecule is CC(C)N1CCCC(N2CCNCC2C(F)(F)F)C1. The number of nitrogens with zero attached hydrogens (tertiary/aromatic N) is 2. The number of piperidine rings is 1. The number of likely N-dealkylation sites (tertiary alicyclic amines) is 1. The van der Waals surface area contributed by atoms with E-state index in [1.165, 1.54) is 0 Å². The number of hydrogen-bond donors (Lipinski definition) is 1. The predicted octanol–water partition coefficient (Wildman–Crippen LogP) is 1.70. The molecule has 2 aliphatic rings. The highest BCUT2D eigenvalue weighted by molar-refractivity contribution is 4.92. The van der Waals surface area contributed by atoms with E-state index in [1.807, 2.05) is 0 Å². The quantitative estimate of drug-likeness (QED) is 0.830. The van der Waals surface area contributed by atoms with Crippen molar-refractivity contribution in [1.29, 1.82) is 0 Å². The summed E-state index contributed by atoms with van der Waals surface area (Å²) in [5.74, 6) is 0. The zero-order valence-corrected chi connectivity index (χ0v) is 11.7. The van der Waals surface area contributed by atoms with Gasteiger partial charge in [-0.3, -0.25) is 9.80 Å². The van der Waals surface area contributed by atoms with Crippen LogP contribution in [-0.4, -0.2) is 66.8 Å². The van der Waals surface area contributed by atoms with E-state index in [0.717, 1.165) is 25.9 Å². The van der Waals surface area contributed by atoms with Crippen molar-refractivity contribution in [2.45, 2.75) is 51.0 Å². The number of hydrogen-bond acceptors (Lipinski definition) is 3. The van der Waals surface area contributed by atoms with Gasteiger partial charge in [0.1, 0.15) is 6.04 Å². The fourth-order valence-corrected chi connectivity index (χ4v) is 3.18. The van der Waals surface area contributed by atoms with Gasteiger partial charge in [0.05, 0.1) is 0 Å². The predicted molar refractivity (Wildman–Crippen MR) is 69.1 cm³/mol. The molecule has 0 amide bonds. The van der Waals surface area contributed by atoms with Crippen LogP contribution in [-0.2, 0) is 0 Å². The summed E-state index contributed by atoms with van der Waals surface area (Å²) in [6, 6.07) is -0.863. The van der Waals surface area contributed by atoms with Gasteiger partial charge in [0, 0.05) is 38.3 Å². The van der Waals surface area contributed by atoms with Crippen molar-refractivity contribution in [3.8, 4) is 0 Å². The lowest BCUT2D eigenvalue weighted by molar-refractivity contribution is -0.195. The third-order valence-corrected chi connectivity index (χ3v) is 4.29. The molecule has 0 radical (unpaired) electrons. The van der Waals surface area contributed by atoms with Gasteiger partial charge in [0.15, 0.2) is 0 Å². The summed E-state index contributed by atoms with van der Waals surface area (Å²) >= 11 is 0. The van der Waals surface area contributed by atoms with Crippen LogP contribution in [0.25, 0.3) is 0 Å². The zero-order chi connectivity index (χ0) is 14.0. The van der Waals surface area contributed by atoms with E-state index in [-0.39, 0.29) is 12.6 Å². The molecular formula is C13H24F3N3. The second kappa shape index (κ2) is 5.97. The lowest BCUT2D eigenvalue weighted by Gasteiger charge is -2.46. The molecule has 0 bridgehead atoms. The Bertz CT molecular complexity index is 293. The maximum absolute atomic E-state index is 13.1. The number of nitrogens with one attached hydrogen (secondary N) is 1. The molecule has 2 heterocycles. The van der Waals surface area contributed by atoms with Gasteiger partial charge in [-0.2, -0.15) is 13.2 Å². The number of alkyl halides is 3. The van der Waals surface area contributed by atoms with Crippen molar-refractivity contribution in [3.05, 3.63) is 0 Å². The molecule has 112 valence electrons. The third-order valence-electron chi connectivity index (χ3n) is 4.29. The first-order chi connectivity index (χ1) is 8.89. The van der Waals surface area contributed by atoms with Crippen LogP contribution in [0.4, 0.5) is 13.2 Å². The smallest absolute Gasteiger partial charge is 0.314 e. The third kappa shape index (κ3) is 3.61. The van der Waals surface area contributed by atoms with Crippen LogP contribution < -0.4 is 5.32 Å². The zero-order valence-electron chi connectivity index (χ0n) is 11.7. The molecule has 0 aliphatic carbocycles. The highest BCUT2D eigenvalue weighted by Crippen LogP contribution is 2.29. The molecule has 2 aliphatic heterocycles. The number of rotatable bonds is 2. The molecule has 6 heteroatoms. The van der Waals surface area contributed by atoms with Crippen molar-refractivity contribution in [1.82, 2.24) is 15.1 Å². The molecule has 3 nitrogen and oxygen atoms in total. The average Bonchev–Trinajstić information content (AvgIpc) is 2.38. The molecule has 0 saturated carbocycles. The van der Waals surface area contributed by atoms with Crippen molar-refractivity contribution >= 4 is 0 Å². The molecule has 0 aromatic heterocycles. The van der Waals surface area contributed by atoms with Gasteiger partial charge in [-0.15, -0.1) is 0 Å². The Hall–Kier alpha value is -0.330. The van der Waals surface area contributed by atoms with E-state index in [0.29, 0.717) is 19.1 Å². The Labute approximate surface area is 113 Å². The molecule has 0 spiro atoms. The molecular weight excluding hydrogens is 255 g/mol. The summed E-state index contributed by atoms with van der Waals surface area (Å²) in [7, 11) is 0. The van der Waals surface area contributed by atoms with Crippen LogP contribution in [0.3, 0.4) is 0 Å². The molecule has 2 atom stereocenters. The maximum Gasteiger partial charge on any atom is 0.405 e. The lowest BCUT2D eigenvalue weighted by Crippen LogP contribution is -2.63. The molecule has 0 aromatic carbocycles. The van der Waals surface area contributed by atoms with Crippen molar-refractivity contribution in [3.63, 3.8) is 0 Å². The van der Waals surface area contributed by atoms with Gasteiger partial charge < -0.3 is 5.32 Å². The Morgan fingerprint density at radius 2 is 1.95 bits per heavy atom. The highest BCUT2D eigenvalue weighted by Gasteiger charge is 2.47. The van der Waals surface area contributed by atoms with E-state index in [2.05, 4.69) is 24.1 Å². The van der Waals surface area contributed by atoms with Crippen LogP contribution in [0.1, 0.15) is 26.7 Å². The van der Waals surface area contributed by atoms with Crippen LogP contribution in [0.15, 0.2) is 0 Å². The minimum atomic E-state index is -4.13. The van der Waals surface area contributed by atoms with E-state index < -0.39 is 12.2 Å². The first-order valence-electron chi connectivity index (χ1n) is 7.17. The second-order valence-electron chi connectivity index (χ2n) is 5.88. The summed E-state index contributed by atoms with van der Waals surface area (Å²) in [4.78, 5) is 3.98. The Morgan fingerprint density at radius 1 is 1.21 bits per heavy atom. The largest absolute Gasteiger partial charge is 0.405 e. The summed E-state index contributed by atoms with van der Waals surface area (Å²) in [6.45, 7) is 7.19. The van der Waals surface area contributed by atoms with E-state index in [4.69, 9.17) is 0 Å². The summed E-state index contributed by atoms with van der Waals surface area (Å²) in [6.07, 6.45) is -2.25. The second-order valence-corrected chi connectivity index (χ2v) is 5.88.